The van der Waals surface area contributed by atoms with E-state index in [-0.39, 0.29) is 0 Å². The fourth-order valence-electron chi connectivity index (χ4n) is 7.79. The van der Waals surface area contributed by atoms with Gasteiger partial charge in [-0.05, 0) is 42.5 Å². The maximum atomic E-state index is 10.6. The Morgan fingerprint density at radius 2 is 0.942 bits per heavy atom. The van der Waals surface area contributed by atoms with Crippen LogP contribution in [-0.4, -0.2) is 19.1 Å². The molecule has 0 amide bonds. The normalized spacial score (nSPS) is 11.4. The Balaban J connectivity index is 1.37. The molecule has 52 heavy (non-hydrogen) atoms. The van der Waals surface area contributed by atoms with E-state index in [9.17, 15) is 5.26 Å². The molecule has 0 fully saturated rings. The van der Waals surface area contributed by atoms with Crippen LogP contribution in [0.1, 0.15) is 5.56 Å². The molecule has 10 rings (SSSR count). The number of nitriles is 1. The zero-order valence-corrected chi connectivity index (χ0v) is 28.0. The number of benzene rings is 7. The van der Waals surface area contributed by atoms with Crippen molar-refractivity contribution in [3.8, 4) is 51.3 Å². The van der Waals surface area contributed by atoms with Crippen LogP contribution in [0.15, 0.2) is 176 Å². The largest absolute Gasteiger partial charge is 0.309 e. The molecule has 0 unspecified atom stereocenters. The van der Waals surface area contributed by atoms with E-state index in [1.165, 1.54) is 10.8 Å². The molecule has 3 aromatic heterocycles. The summed E-state index contributed by atoms with van der Waals surface area (Å²) in [5.74, 6) is 0.571. The number of aromatic nitrogens is 4. The molecule has 0 saturated heterocycles. The minimum Gasteiger partial charge on any atom is -0.309 e. The van der Waals surface area contributed by atoms with Crippen molar-refractivity contribution < 1.29 is 0 Å². The Labute approximate surface area is 299 Å². The van der Waals surface area contributed by atoms with Crippen LogP contribution in [0.25, 0.3) is 88.9 Å². The molecule has 0 bridgehead atoms. The Kier molecular flexibility index (Phi) is 6.80. The third-order valence-electron chi connectivity index (χ3n) is 9.97. The molecule has 242 valence electrons. The lowest BCUT2D eigenvalue weighted by molar-refractivity contribution is 1.17. The highest BCUT2D eigenvalue weighted by Crippen LogP contribution is 2.45. The van der Waals surface area contributed by atoms with Crippen LogP contribution in [0.5, 0.6) is 0 Å². The molecular formula is C47H29N5. The number of fused-ring (bicyclic) bond motifs is 7. The summed E-state index contributed by atoms with van der Waals surface area (Å²) >= 11 is 0. The highest BCUT2D eigenvalue weighted by atomic mass is 15.0. The van der Waals surface area contributed by atoms with E-state index < -0.39 is 0 Å². The minimum absolute atomic E-state index is 0.454. The molecule has 0 spiro atoms. The molecule has 5 nitrogen and oxygen atoms in total. The highest BCUT2D eigenvalue weighted by Gasteiger charge is 2.25. The third kappa shape index (κ3) is 4.49. The topological polar surface area (TPSA) is 59.4 Å². The molecule has 5 heteroatoms. The first-order valence-corrected chi connectivity index (χ1v) is 17.3. The van der Waals surface area contributed by atoms with Gasteiger partial charge in [0.1, 0.15) is 11.6 Å². The lowest BCUT2D eigenvalue weighted by Gasteiger charge is -2.13. The monoisotopic (exact) mass is 663 g/mol. The van der Waals surface area contributed by atoms with Crippen molar-refractivity contribution in [3.63, 3.8) is 0 Å². The van der Waals surface area contributed by atoms with Crippen LogP contribution in [0.3, 0.4) is 0 Å². The number of hydrogen-bond donors (Lipinski definition) is 0. The molecule has 0 aliphatic rings. The predicted molar refractivity (Wildman–Crippen MR) is 212 cm³/mol. The summed E-state index contributed by atoms with van der Waals surface area (Å²) in [6, 6.07) is 63.0. The lowest BCUT2D eigenvalue weighted by Crippen LogP contribution is -2.01. The zero-order valence-electron chi connectivity index (χ0n) is 28.0. The van der Waals surface area contributed by atoms with Gasteiger partial charge in [0.15, 0.2) is 5.82 Å². The first-order chi connectivity index (χ1) is 25.8. The predicted octanol–water partition coefficient (Wildman–Crippen LogP) is 11.5. The average Bonchev–Trinajstić information content (AvgIpc) is 3.75. The van der Waals surface area contributed by atoms with Gasteiger partial charge in [-0.1, -0.05) is 133 Å². The minimum atomic E-state index is 0.454. The van der Waals surface area contributed by atoms with E-state index in [0.29, 0.717) is 22.8 Å². The highest BCUT2D eigenvalue weighted by molar-refractivity contribution is 6.28. The zero-order chi connectivity index (χ0) is 34.6. The van der Waals surface area contributed by atoms with E-state index in [1.54, 1.807) is 0 Å². The Morgan fingerprint density at radius 3 is 1.56 bits per heavy atom. The molecule has 10 aromatic rings. The van der Waals surface area contributed by atoms with Crippen molar-refractivity contribution in [2.75, 3.05) is 0 Å². The number of nitrogens with zero attached hydrogens (tertiary/aromatic N) is 5. The van der Waals surface area contributed by atoms with E-state index >= 15 is 0 Å². The van der Waals surface area contributed by atoms with Gasteiger partial charge in [-0.15, -0.1) is 0 Å². The second-order valence-corrected chi connectivity index (χ2v) is 12.9. The van der Waals surface area contributed by atoms with Crippen LogP contribution in [0.2, 0.25) is 0 Å². The standard InChI is InChI=1S/C47H29N5/c48-30-38-44(31-16-5-1-6-17-31)49-47(50-45(38)32-18-7-2-8-19-32)37-25-15-27-40-42(37)36-28-29-41-43(46(36)52(40)34-22-11-4-12-23-34)35-24-13-14-26-39(35)51(41)33-20-9-3-10-21-33/h1-29H. The van der Waals surface area contributed by atoms with Crippen LogP contribution in [-0.2, 0) is 0 Å². The van der Waals surface area contributed by atoms with Crippen LogP contribution >= 0.6 is 0 Å². The summed E-state index contributed by atoms with van der Waals surface area (Å²) in [7, 11) is 0. The van der Waals surface area contributed by atoms with Gasteiger partial charge in [0.25, 0.3) is 0 Å². The first-order valence-electron chi connectivity index (χ1n) is 17.3. The van der Waals surface area contributed by atoms with Crippen molar-refractivity contribution >= 4 is 43.6 Å². The lowest BCUT2D eigenvalue weighted by atomic mass is 9.99. The van der Waals surface area contributed by atoms with E-state index in [4.69, 9.17) is 9.97 Å². The first kappa shape index (κ1) is 29.6. The molecule has 0 aliphatic carbocycles. The van der Waals surface area contributed by atoms with Crippen molar-refractivity contribution in [2.24, 2.45) is 0 Å². The van der Waals surface area contributed by atoms with Gasteiger partial charge < -0.3 is 9.13 Å². The molecule has 0 atom stereocenters. The second kappa shape index (κ2) is 11.9. The number of para-hydroxylation sites is 3. The quantitative estimate of drug-likeness (QED) is 0.184. The van der Waals surface area contributed by atoms with Gasteiger partial charge in [0.05, 0.1) is 33.5 Å². The Bertz CT molecular complexity index is 2930. The van der Waals surface area contributed by atoms with E-state index in [1.807, 2.05) is 60.7 Å². The summed E-state index contributed by atoms with van der Waals surface area (Å²) in [5, 5.41) is 15.1. The van der Waals surface area contributed by atoms with Crippen LogP contribution in [0, 0.1) is 11.3 Å². The van der Waals surface area contributed by atoms with E-state index in [2.05, 4.69) is 130 Å². The van der Waals surface area contributed by atoms with Gasteiger partial charge in [0, 0.05) is 49.6 Å². The smallest absolute Gasteiger partial charge is 0.161 e. The summed E-state index contributed by atoms with van der Waals surface area (Å²) in [5.41, 5.74) is 11.0. The Hall–Kier alpha value is -7.29. The van der Waals surface area contributed by atoms with Gasteiger partial charge in [-0.3, -0.25) is 0 Å². The van der Waals surface area contributed by atoms with Gasteiger partial charge in [-0.25, -0.2) is 9.97 Å². The Morgan fingerprint density at radius 1 is 0.423 bits per heavy atom. The maximum Gasteiger partial charge on any atom is 0.161 e. The second-order valence-electron chi connectivity index (χ2n) is 12.9. The SMILES string of the molecule is N#Cc1c(-c2ccccc2)nc(-c2cccc3c2c2ccc4c(c5ccccc5n4-c4ccccc4)c2n3-c2ccccc2)nc1-c1ccccc1. The van der Waals surface area contributed by atoms with Crippen LogP contribution in [0.4, 0.5) is 0 Å². The van der Waals surface area contributed by atoms with Gasteiger partial charge >= 0.3 is 0 Å². The molecule has 0 radical (unpaired) electrons. The van der Waals surface area contributed by atoms with Crippen molar-refractivity contribution in [2.45, 2.75) is 0 Å². The third-order valence-corrected chi connectivity index (χ3v) is 9.97. The fourth-order valence-corrected chi connectivity index (χ4v) is 7.79. The number of rotatable bonds is 5. The van der Waals surface area contributed by atoms with Crippen molar-refractivity contribution in [1.29, 1.82) is 5.26 Å². The summed E-state index contributed by atoms with van der Waals surface area (Å²) < 4.78 is 4.75. The van der Waals surface area contributed by atoms with Crippen LogP contribution < -0.4 is 0 Å². The average molecular weight is 664 g/mol. The molecular weight excluding hydrogens is 635 g/mol. The fraction of sp³-hybridized carbons (Fsp3) is 0. The summed E-state index contributed by atoms with van der Waals surface area (Å²) in [6.45, 7) is 0. The molecule has 0 N–H and O–H groups in total. The molecule has 7 aromatic carbocycles. The summed E-state index contributed by atoms with van der Waals surface area (Å²) in [4.78, 5) is 10.4. The van der Waals surface area contributed by atoms with Crippen molar-refractivity contribution in [3.05, 3.63) is 181 Å². The van der Waals surface area contributed by atoms with Crippen molar-refractivity contribution in [1.82, 2.24) is 19.1 Å². The molecule has 0 saturated carbocycles. The molecule has 0 aliphatic heterocycles. The maximum absolute atomic E-state index is 10.6. The van der Waals surface area contributed by atoms with E-state index in [0.717, 1.165) is 60.9 Å². The van der Waals surface area contributed by atoms with Gasteiger partial charge in [-0.2, -0.15) is 5.26 Å². The summed E-state index contributed by atoms with van der Waals surface area (Å²) in [6.07, 6.45) is 0. The molecule has 3 heterocycles. The number of hydrogen-bond acceptors (Lipinski definition) is 3. The van der Waals surface area contributed by atoms with Gasteiger partial charge in [0.2, 0.25) is 0 Å².